The molecule has 0 atom stereocenters. The number of fused-ring (bicyclic) bond motifs is 1. The van der Waals surface area contributed by atoms with Crippen molar-refractivity contribution in [2.75, 3.05) is 0 Å². The summed E-state index contributed by atoms with van der Waals surface area (Å²) in [7, 11) is 0. The van der Waals surface area contributed by atoms with Gasteiger partial charge in [-0.15, -0.1) is 0 Å². The zero-order valence-corrected chi connectivity index (χ0v) is 10.0. The number of aromatic nitrogens is 2. The summed E-state index contributed by atoms with van der Waals surface area (Å²) in [5.74, 6) is 0. The van der Waals surface area contributed by atoms with E-state index in [1.807, 2.05) is 6.92 Å². The molecule has 4 nitrogen and oxygen atoms in total. The molecule has 0 spiro atoms. The molecular weight excluding hydrogens is 204 g/mol. The number of hydrogen-bond donors (Lipinski definition) is 1. The minimum Gasteiger partial charge on any atom is -0.337 e. The van der Waals surface area contributed by atoms with Gasteiger partial charge in [-0.25, -0.2) is 0 Å². The number of pyridine rings is 1. The molecule has 0 saturated heterocycles. The average molecular weight is 220 g/mol. The molecule has 2 aromatic rings. The Balaban J connectivity index is 2.80. The second kappa shape index (κ2) is 3.47. The molecule has 1 N–H and O–H groups in total. The van der Waals surface area contributed by atoms with E-state index in [0.29, 0.717) is 11.1 Å². The Morgan fingerprint density at radius 3 is 2.81 bits per heavy atom. The minimum atomic E-state index is -0.145. The molecule has 0 bridgehead atoms. The van der Waals surface area contributed by atoms with Crippen LogP contribution >= 0.6 is 0 Å². The molecule has 2 aromatic heterocycles. The van der Waals surface area contributed by atoms with Gasteiger partial charge in [-0.05, 0) is 13.3 Å². The van der Waals surface area contributed by atoms with E-state index in [9.17, 15) is 4.79 Å². The van der Waals surface area contributed by atoms with Gasteiger partial charge < -0.3 is 9.51 Å². The van der Waals surface area contributed by atoms with E-state index in [2.05, 4.69) is 30.9 Å². The van der Waals surface area contributed by atoms with Crippen LogP contribution in [0.1, 0.15) is 38.6 Å². The van der Waals surface area contributed by atoms with Crippen molar-refractivity contribution < 1.29 is 4.52 Å². The highest BCUT2D eigenvalue weighted by Gasteiger charge is 2.27. The van der Waals surface area contributed by atoms with Gasteiger partial charge in [0.15, 0.2) is 5.43 Å². The molecular formula is C12H16N2O2. The van der Waals surface area contributed by atoms with Gasteiger partial charge in [0.25, 0.3) is 0 Å². The van der Waals surface area contributed by atoms with Crippen LogP contribution in [0.5, 0.6) is 0 Å². The van der Waals surface area contributed by atoms with Crippen molar-refractivity contribution in [3.8, 4) is 0 Å². The highest BCUT2D eigenvalue weighted by Crippen LogP contribution is 2.29. The third kappa shape index (κ3) is 1.54. The van der Waals surface area contributed by atoms with E-state index in [1.165, 1.54) is 0 Å². The Morgan fingerprint density at radius 2 is 2.19 bits per heavy atom. The third-order valence-electron chi connectivity index (χ3n) is 3.12. The van der Waals surface area contributed by atoms with E-state index >= 15 is 0 Å². The third-order valence-corrected chi connectivity index (χ3v) is 3.12. The van der Waals surface area contributed by atoms with Gasteiger partial charge in [0.05, 0.1) is 0 Å². The second-order valence-corrected chi connectivity index (χ2v) is 4.79. The largest absolute Gasteiger partial charge is 0.337 e. The van der Waals surface area contributed by atoms with Crippen LogP contribution in [0, 0.1) is 6.92 Å². The van der Waals surface area contributed by atoms with E-state index in [4.69, 9.17) is 4.52 Å². The molecule has 0 aliphatic heterocycles. The summed E-state index contributed by atoms with van der Waals surface area (Å²) in [5.41, 5.74) is 1.83. The van der Waals surface area contributed by atoms with Gasteiger partial charge in [-0.2, -0.15) is 0 Å². The van der Waals surface area contributed by atoms with E-state index < -0.39 is 0 Å². The van der Waals surface area contributed by atoms with Crippen LogP contribution in [0.3, 0.4) is 0 Å². The minimum absolute atomic E-state index is 0.0241. The molecule has 0 aromatic carbocycles. The van der Waals surface area contributed by atoms with Crippen molar-refractivity contribution in [1.82, 2.24) is 10.1 Å². The number of rotatable bonds is 2. The molecule has 2 rings (SSSR count). The SMILES string of the molecule is CCC(C)(C)c1noc2[nH]c(C)cc(=O)c12. The summed E-state index contributed by atoms with van der Waals surface area (Å²) in [5, 5.41) is 4.61. The number of nitrogens with one attached hydrogen (secondary N) is 1. The van der Waals surface area contributed by atoms with Crippen LogP contribution in [-0.2, 0) is 5.41 Å². The van der Waals surface area contributed by atoms with E-state index in [-0.39, 0.29) is 10.8 Å². The summed E-state index contributed by atoms with van der Waals surface area (Å²) in [4.78, 5) is 14.9. The molecule has 0 amide bonds. The molecule has 0 aliphatic carbocycles. The first kappa shape index (κ1) is 10.9. The maximum atomic E-state index is 11.9. The van der Waals surface area contributed by atoms with Gasteiger partial charge in [-0.1, -0.05) is 25.9 Å². The van der Waals surface area contributed by atoms with Crippen molar-refractivity contribution in [3.63, 3.8) is 0 Å². The van der Waals surface area contributed by atoms with Crippen molar-refractivity contribution in [2.24, 2.45) is 0 Å². The predicted molar refractivity (Wildman–Crippen MR) is 62.7 cm³/mol. The quantitative estimate of drug-likeness (QED) is 0.846. The molecule has 16 heavy (non-hydrogen) atoms. The topological polar surface area (TPSA) is 58.9 Å². The highest BCUT2D eigenvalue weighted by molar-refractivity contribution is 5.76. The summed E-state index contributed by atoms with van der Waals surface area (Å²) in [6.07, 6.45) is 0.905. The average Bonchev–Trinajstić information content (AvgIpc) is 2.62. The maximum absolute atomic E-state index is 11.9. The molecule has 0 unspecified atom stereocenters. The van der Waals surface area contributed by atoms with Crippen LogP contribution in [0.25, 0.3) is 11.1 Å². The Kier molecular flexibility index (Phi) is 2.37. The second-order valence-electron chi connectivity index (χ2n) is 4.79. The molecule has 0 radical (unpaired) electrons. The van der Waals surface area contributed by atoms with E-state index in [0.717, 1.165) is 17.8 Å². The Hall–Kier alpha value is -1.58. The maximum Gasteiger partial charge on any atom is 0.240 e. The number of aryl methyl sites for hydroxylation is 1. The van der Waals surface area contributed by atoms with Crippen LogP contribution in [0.2, 0.25) is 0 Å². The van der Waals surface area contributed by atoms with Gasteiger partial charge in [0, 0.05) is 17.2 Å². The number of aromatic amines is 1. The number of hydrogen-bond acceptors (Lipinski definition) is 3. The van der Waals surface area contributed by atoms with Crippen molar-refractivity contribution in [2.45, 2.75) is 39.5 Å². The normalized spacial score (nSPS) is 12.2. The first-order valence-electron chi connectivity index (χ1n) is 5.45. The summed E-state index contributed by atoms with van der Waals surface area (Å²) in [6.45, 7) is 8.02. The number of H-pyrrole nitrogens is 1. The molecule has 86 valence electrons. The lowest BCUT2D eigenvalue weighted by Crippen LogP contribution is -2.18. The molecule has 0 aliphatic rings. The zero-order valence-electron chi connectivity index (χ0n) is 10.0. The standard InChI is InChI=1S/C12H16N2O2/c1-5-12(3,4)10-9-8(15)6-7(2)13-11(9)16-14-10/h6H,5H2,1-4H3,(H,13,15). The summed E-state index contributed by atoms with van der Waals surface area (Å²) >= 11 is 0. The molecule has 0 fully saturated rings. The monoisotopic (exact) mass is 220 g/mol. The summed E-state index contributed by atoms with van der Waals surface area (Å²) in [6, 6.07) is 1.58. The lowest BCUT2D eigenvalue weighted by molar-refractivity contribution is 0.398. The van der Waals surface area contributed by atoms with Crippen molar-refractivity contribution in [3.05, 3.63) is 27.7 Å². The van der Waals surface area contributed by atoms with Crippen LogP contribution in [0.15, 0.2) is 15.4 Å². The first-order chi connectivity index (χ1) is 7.45. The van der Waals surface area contributed by atoms with Gasteiger partial charge >= 0.3 is 0 Å². The van der Waals surface area contributed by atoms with Gasteiger partial charge in [0.1, 0.15) is 11.1 Å². The Morgan fingerprint density at radius 1 is 1.50 bits per heavy atom. The fourth-order valence-electron chi connectivity index (χ4n) is 1.72. The lowest BCUT2D eigenvalue weighted by atomic mass is 9.85. The van der Waals surface area contributed by atoms with E-state index in [1.54, 1.807) is 6.07 Å². The predicted octanol–water partition coefficient (Wildman–Crippen LogP) is 2.51. The zero-order chi connectivity index (χ0) is 11.9. The fourth-order valence-corrected chi connectivity index (χ4v) is 1.72. The van der Waals surface area contributed by atoms with Crippen molar-refractivity contribution >= 4 is 11.1 Å². The smallest absolute Gasteiger partial charge is 0.240 e. The van der Waals surface area contributed by atoms with Crippen molar-refractivity contribution in [1.29, 1.82) is 0 Å². The number of nitrogens with zero attached hydrogens (tertiary/aromatic N) is 1. The first-order valence-corrected chi connectivity index (χ1v) is 5.45. The van der Waals surface area contributed by atoms with Gasteiger partial charge in [0.2, 0.25) is 5.71 Å². The Labute approximate surface area is 93.6 Å². The van der Waals surface area contributed by atoms with Crippen LogP contribution in [-0.4, -0.2) is 10.1 Å². The lowest BCUT2D eigenvalue weighted by Gasteiger charge is -2.18. The Bertz CT molecular complexity index is 578. The molecule has 2 heterocycles. The summed E-state index contributed by atoms with van der Waals surface area (Å²) < 4.78 is 5.19. The highest BCUT2D eigenvalue weighted by atomic mass is 16.5. The fraction of sp³-hybridized carbons (Fsp3) is 0.500. The molecule has 0 saturated carbocycles. The van der Waals surface area contributed by atoms with Crippen LogP contribution < -0.4 is 5.43 Å². The van der Waals surface area contributed by atoms with Gasteiger partial charge in [-0.3, -0.25) is 4.79 Å². The van der Waals surface area contributed by atoms with Crippen LogP contribution in [0.4, 0.5) is 0 Å². The molecule has 4 heteroatoms.